The number of anilines is 2. The minimum atomic E-state index is -0.341. The minimum absolute atomic E-state index is 0.288. The van der Waals surface area contributed by atoms with E-state index in [9.17, 15) is 9.18 Å². The lowest BCUT2D eigenvalue weighted by atomic mass is 10.2. The minimum Gasteiger partial charge on any atom is -0.397 e. The molecule has 106 valence electrons. The second kappa shape index (κ2) is 5.77. The maximum atomic E-state index is 13.5. The number of hydrogen-bond donors (Lipinski definition) is 2. The van der Waals surface area contributed by atoms with Gasteiger partial charge in [0.25, 0.3) is 5.91 Å². The van der Waals surface area contributed by atoms with Gasteiger partial charge in [-0.15, -0.1) is 0 Å². The molecule has 0 aliphatic rings. The van der Waals surface area contributed by atoms with Gasteiger partial charge in [-0.05, 0) is 31.5 Å². The fourth-order valence-electron chi connectivity index (χ4n) is 2.08. The second-order valence-corrected chi connectivity index (χ2v) is 4.72. The van der Waals surface area contributed by atoms with Gasteiger partial charge in [0.15, 0.2) is 0 Å². The van der Waals surface area contributed by atoms with E-state index in [1.807, 2.05) is 6.92 Å². The Labute approximate surface area is 117 Å². The van der Waals surface area contributed by atoms with Crippen molar-refractivity contribution in [2.75, 3.05) is 11.1 Å². The van der Waals surface area contributed by atoms with Crippen LogP contribution in [0.1, 0.15) is 29.4 Å². The van der Waals surface area contributed by atoms with Gasteiger partial charge in [-0.1, -0.05) is 13.0 Å². The van der Waals surface area contributed by atoms with Crippen molar-refractivity contribution in [1.29, 1.82) is 0 Å². The molecule has 1 aromatic heterocycles. The molecule has 4 nitrogen and oxygen atoms in total. The van der Waals surface area contributed by atoms with Gasteiger partial charge in [0.1, 0.15) is 11.5 Å². The number of carbonyl (C=O) groups is 1. The molecule has 0 aliphatic carbocycles. The lowest BCUT2D eigenvalue weighted by Crippen LogP contribution is -2.17. The van der Waals surface area contributed by atoms with Crippen LogP contribution in [-0.4, -0.2) is 10.5 Å². The van der Waals surface area contributed by atoms with Gasteiger partial charge < -0.3 is 15.6 Å². The average molecular weight is 275 g/mol. The Kier molecular flexibility index (Phi) is 4.08. The number of aromatic nitrogens is 1. The molecule has 0 fully saturated rings. The highest BCUT2D eigenvalue weighted by atomic mass is 19.1. The number of nitrogen functional groups attached to an aromatic ring is 1. The van der Waals surface area contributed by atoms with Crippen LogP contribution in [0.2, 0.25) is 0 Å². The average Bonchev–Trinajstić information content (AvgIpc) is 2.76. The highest BCUT2D eigenvalue weighted by Crippen LogP contribution is 2.19. The molecule has 20 heavy (non-hydrogen) atoms. The molecule has 0 atom stereocenters. The summed E-state index contributed by atoms with van der Waals surface area (Å²) in [4.78, 5) is 12.3. The molecule has 0 spiro atoms. The molecule has 5 heteroatoms. The lowest BCUT2D eigenvalue weighted by molar-refractivity contribution is 0.101. The first-order chi connectivity index (χ1) is 9.52. The van der Waals surface area contributed by atoms with Crippen LogP contribution in [0.3, 0.4) is 0 Å². The van der Waals surface area contributed by atoms with Crippen molar-refractivity contribution in [1.82, 2.24) is 4.57 Å². The van der Waals surface area contributed by atoms with Crippen molar-refractivity contribution in [3.8, 4) is 0 Å². The molecule has 0 saturated carbocycles. The summed E-state index contributed by atoms with van der Waals surface area (Å²) in [6.45, 7) is 4.36. The zero-order valence-electron chi connectivity index (χ0n) is 11.6. The number of benzene rings is 1. The molecule has 3 N–H and O–H groups in total. The first kappa shape index (κ1) is 14.1. The fraction of sp³-hybridized carbons (Fsp3) is 0.267. The third kappa shape index (κ3) is 2.82. The summed E-state index contributed by atoms with van der Waals surface area (Å²) in [5.41, 5.74) is 7.64. The van der Waals surface area contributed by atoms with Gasteiger partial charge in [-0.3, -0.25) is 4.79 Å². The number of rotatable bonds is 4. The van der Waals surface area contributed by atoms with Crippen LogP contribution in [0.25, 0.3) is 0 Å². The van der Waals surface area contributed by atoms with Crippen LogP contribution in [0.5, 0.6) is 0 Å². The van der Waals surface area contributed by atoms with Crippen molar-refractivity contribution in [3.63, 3.8) is 0 Å². The largest absolute Gasteiger partial charge is 0.397 e. The van der Waals surface area contributed by atoms with Crippen LogP contribution in [0.15, 0.2) is 30.5 Å². The van der Waals surface area contributed by atoms with Crippen molar-refractivity contribution >= 4 is 17.3 Å². The van der Waals surface area contributed by atoms with Crippen molar-refractivity contribution < 1.29 is 9.18 Å². The van der Waals surface area contributed by atoms with Crippen molar-refractivity contribution in [2.45, 2.75) is 26.8 Å². The molecule has 0 saturated heterocycles. The molecule has 0 bridgehead atoms. The van der Waals surface area contributed by atoms with Crippen molar-refractivity contribution in [2.24, 2.45) is 0 Å². The fourth-order valence-corrected chi connectivity index (χ4v) is 2.08. The number of carbonyl (C=O) groups excluding carboxylic acids is 1. The second-order valence-electron chi connectivity index (χ2n) is 4.72. The summed E-state index contributed by atoms with van der Waals surface area (Å²) in [7, 11) is 0. The smallest absolute Gasteiger partial charge is 0.272 e. The molecule has 1 amide bonds. The first-order valence-electron chi connectivity index (χ1n) is 6.55. The Morgan fingerprint density at radius 2 is 2.20 bits per heavy atom. The molecular formula is C15H18FN3O. The van der Waals surface area contributed by atoms with E-state index in [2.05, 4.69) is 5.32 Å². The van der Waals surface area contributed by atoms with E-state index in [0.29, 0.717) is 29.2 Å². The van der Waals surface area contributed by atoms with E-state index in [1.165, 1.54) is 6.07 Å². The van der Waals surface area contributed by atoms with Crippen LogP contribution < -0.4 is 11.1 Å². The molecule has 2 aromatic rings. The molecule has 0 radical (unpaired) electrons. The predicted molar refractivity (Wildman–Crippen MR) is 78.2 cm³/mol. The van der Waals surface area contributed by atoms with Gasteiger partial charge in [0.05, 0.1) is 5.69 Å². The van der Waals surface area contributed by atoms with Gasteiger partial charge >= 0.3 is 0 Å². The number of halogens is 1. The standard InChI is InChI=1S/C15H18FN3O/c1-3-7-19-9-11(17)8-14(19)15(20)18-13-6-4-5-12(16)10(13)2/h4-6,8-9H,3,7,17H2,1-2H3,(H,18,20). The SMILES string of the molecule is CCCn1cc(N)cc1C(=O)Nc1cccc(F)c1C. The summed E-state index contributed by atoms with van der Waals surface area (Å²) in [6, 6.07) is 6.23. The molecule has 0 unspecified atom stereocenters. The predicted octanol–water partition coefficient (Wildman–Crippen LogP) is 3.18. The van der Waals surface area contributed by atoms with E-state index in [1.54, 1.807) is 35.9 Å². The maximum Gasteiger partial charge on any atom is 0.272 e. The summed E-state index contributed by atoms with van der Waals surface area (Å²) in [5, 5.41) is 2.72. The van der Waals surface area contributed by atoms with Crippen LogP contribution >= 0.6 is 0 Å². The summed E-state index contributed by atoms with van der Waals surface area (Å²) in [5.74, 6) is -0.630. The summed E-state index contributed by atoms with van der Waals surface area (Å²) < 4.78 is 15.3. The zero-order valence-corrected chi connectivity index (χ0v) is 11.6. The third-order valence-electron chi connectivity index (χ3n) is 3.13. The Balaban J connectivity index is 2.26. The number of nitrogens with two attached hydrogens (primary N) is 1. The van der Waals surface area contributed by atoms with Gasteiger partial charge in [-0.25, -0.2) is 4.39 Å². The first-order valence-corrected chi connectivity index (χ1v) is 6.55. The Morgan fingerprint density at radius 3 is 2.90 bits per heavy atom. The van der Waals surface area contributed by atoms with Crippen LogP contribution in [0, 0.1) is 12.7 Å². The highest BCUT2D eigenvalue weighted by molar-refractivity contribution is 6.04. The highest BCUT2D eigenvalue weighted by Gasteiger charge is 2.14. The van der Waals surface area contributed by atoms with Crippen LogP contribution in [-0.2, 0) is 6.54 Å². The molecule has 0 aliphatic heterocycles. The molecule has 2 rings (SSSR count). The van der Waals surface area contributed by atoms with Crippen LogP contribution in [0.4, 0.5) is 15.8 Å². The number of aryl methyl sites for hydroxylation is 1. The lowest BCUT2D eigenvalue weighted by Gasteiger charge is -2.10. The number of nitrogens with zero attached hydrogens (tertiary/aromatic N) is 1. The van der Waals surface area contributed by atoms with Crippen molar-refractivity contribution in [3.05, 3.63) is 47.5 Å². The zero-order chi connectivity index (χ0) is 14.7. The maximum absolute atomic E-state index is 13.5. The van der Waals surface area contributed by atoms with E-state index in [-0.39, 0.29) is 11.7 Å². The molecule has 1 heterocycles. The third-order valence-corrected chi connectivity index (χ3v) is 3.13. The Morgan fingerprint density at radius 1 is 1.45 bits per heavy atom. The van der Waals surface area contributed by atoms with E-state index >= 15 is 0 Å². The summed E-state index contributed by atoms with van der Waals surface area (Å²) in [6.07, 6.45) is 2.63. The van der Waals surface area contributed by atoms with Gasteiger partial charge in [-0.2, -0.15) is 0 Å². The summed E-state index contributed by atoms with van der Waals surface area (Å²) >= 11 is 0. The monoisotopic (exact) mass is 275 g/mol. The van der Waals surface area contributed by atoms with Gasteiger partial charge in [0, 0.05) is 24.0 Å². The van der Waals surface area contributed by atoms with Gasteiger partial charge in [0.2, 0.25) is 0 Å². The number of hydrogen-bond acceptors (Lipinski definition) is 2. The Hall–Kier alpha value is -2.30. The van der Waals surface area contributed by atoms with E-state index in [4.69, 9.17) is 5.73 Å². The topological polar surface area (TPSA) is 60.0 Å². The number of amides is 1. The molecule has 1 aromatic carbocycles. The normalized spacial score (nSPS) is 10.6. The quantitative estimate of drug-likeness (QED) is 0.900. The molecular weight excluding hydrogens is 257 g/mol. The van der Waals surface area contributed by atoms with E-state index in [0.717, 1.165) is 6.42 Å². The van der Waals surface area contributed by atoms with E-state index < -0.39 is 0 Å². The number of nitrogens with one attached hydrogen (secondary N) is 1. The Bertz CT molecular complexity index is 634.